The first-order valence-corrected chi connectivity index (χ1v) is 4.78. The number of nitrogens with zero attached hydrogens (tertiary/aromatic N) is 1. The number of rotatable bonds is 2. The molecule has 0 spiro atoms. The smallest absolute Gasteiger partial charge is 0.152 e. The van der Waals surface area contributed by atoms with Gasteiger partial charge in [0.1, 0.15) is 0 Å². The SMILES string of the molecule is O=Cc1ccccc1N1CCC(O)C1. The van der Waals surface area contributed by atoms with Crippen molar-refractivity contribution in [3.63, 3.8) is 0 Å². The summed E-state index contributed by atoms with van der Waals surface area (Å²) in [5, 5.41) is 9.39. The van der Waals surface area contributed by atoms with Crippen molar-refractivity contribution >= 4 is 12.0 Å². The molecular weight excluding hydrogens is 178 g/mol. The van der Waals surface area contributed by atoms with Crippen molar-refractivity contribution in [3.05, 3.63) is 29.8 Å². The zero-order valence-corrected chi connectivity index (χ0v) is 7.89. The third kappa shape index (κ3) is 1.63. The summed E-state index contributed by atoms with van der Waals surface area (Å²) in [4.78, 5) is 12.8. The predicted octanol–water partition coefficient (Wildman–Crippen LogP) is 1.07. The fourth-order valence-corrected chi connectivity index (χ4v) is 1.84. The molecule has 3 heteroatoms. The van der Waals surface area contributed by atoms with Crippen LogP contribution in [0.4, 0.5) is 5.69 Å². The number of aliphatic hydroxyl groups is 1. The molecule has 1 fully saturated rings. The van der Waals surface area contributed by atoms with Crippen LogP contribution in [0.25, 0.3) is 0 Å². The molecule has 0 saturated carbocycles. The summed E-state index contributed by atoms with van der Waals surface area (Å²) in [6, 6.07) is 7.47. The van der Waals surface area contributed by atoms with Gasteiger partial charge in [0.25, 0.3) is 0 Å². The Bertz CT molecular complexity index is 338. The Kier molecular flexibility index (Phi) is 2.50. The van der Waals surface area contributed by atoms with Crippen LogP contribution in [0.3, 0.4) is 0 Å². The lowest BCUT2D eigenvalue weighted by molar-refractivity contribution is 0.112. The van der Waals surface area contributed by atoms with Crippen LogP contribution in [-0.4, -0.2) is 30.6 Å². The molecule has 1 aliphatic rings. The van der Waals surface area contributed by atoms with Gasteiger partial charge in [-0.15, -0.1) is 0 Å². The van der Waals surface area contributed by atoms with Gasteiger partial charge >= 0.3 is 0 Å². The van der Waals surface area contributed by atoms with Gasteiger partial charge in [0, 0.05) is 24.3 Å². The maximum atomic E-state index is 10.8. The van der Waals surface area contributed by atoms with E-state index in [4.69, 9.17) is 0 Å². The van der Waals surface area contributed by atoms with Crippen LogP contribution >= 0.6 is 0 Å². The van der Waals surface area contributed by atoms with Gasteiger partial charge < -0.3 is 10.0 Å². The molecule has 74 valence electrons. The third-order valence-corrected chi connectivity index (χ3v) is 2.57. The molecule has 1 aromatic carbocycles. The van der Waals surface area contributed by atoms with Gasteiger partial charge in [-0.2, -0.15) is 0 Å². The fourth-order valence-electron chi connectivity index (χ4n) is 1.84. The molecule has 1 unspecified atom stereocenters. The van der Waals surface area contributed by atoms with Crippen molar-refractivity contribution in [1.29, 1.82) is 0 Å². The number of para-hydroxylation sites is 1. The lowest BCUT2D eigenvalue weighted by atomic mass is 10.2. The second kappa shape index (κ2) is 3.80. The van der Waals surface area contributed by atoms with Crippen LogP contribution in [0.2, 0.25) is 0 Å². The van der Waals surface area contributed by atoms with Gasteiger partial charge in [-0.3, -0.25) is 4.79 Å². The molecule has 0 radical (unpaired) electrons. The summed E-state index contributed by atoms with van der Waals surface area (Å²) in [6.45, 7) is 1.46. The topological polar surface area (TPSA) is 40.5 Å². The van der Waals surface area contributed by atoms with E-state index in [0.717, 1.165) is 24.9 Å². The van der Waals surface area contributed by atoms with Crippen molar-refractivity contribution in [3.8, 4) is 0 Å². The Balaban J connectivity index is 2.27. The van der Waals surface area contributed by atoms with Crippen LogP contribution in [-0.2, 0) is 0 Å². The summed E-state index contributed by atoms with van der Waals surface area (Å²) < 4.78 is 0. The first kappa shape index (κ1) is 9.21. The van der Waals surface area contributed by atoms with Crippen molar-refractivity contribution in [2.45, 2.75) is 12.5 Å². The minimum absolute atomic E-state index is 0.255. The highest BCUT2D eigenvalue weighted by Crippen LogP contribution is 2.23. The largest absolute Gasteiger partial charge is 0.391 e. The third-order valence-electron chi connectivity index (χ3n) is 2.57. The number of anilines is 1. The molecule has 3 nitrogen and oxygen atoms in total. The number of hydrogen-bond acceptors (Lipinski definition) is 3. The highest BCUT2D eigenvalue weighted by Gasteiger charge is 2.21. The van der Waals surface area contributed by atoms with Crippen LogP contribution in [0.15, 0.2) is 24.3 Å². The van der Waals surface area contributed by atoms with Crippen LogP contribution in [0.1, 0.15) is 16.8 Å². The molecule has 1 aliphatic heterocycles. The molecule has 1 atom stereocenters. The molecule has 1 N–H and O–H groups in total. The molecule has 0 bridgehead atoms. The number of aliphatic hydroxyl groups excluding tert-OH is 1. The number of aldehydes is 1. The molecule has 0 aliphatic carbocycles. The number of hydrogen-bond donors (Lipinski definition) is 1. The summed E-state index contributed by atoms with van der Waals surface area (Å²) >= 11 is 0. The predicted molar refractivity (Wildman–Crippen MR) is 54.7 cm³/mol. The standard InChI is InChI=1S/C11H13NO2/c13-8-9-3-1-2-4-11(9)12-6-5-10(14)7-12/h1-4,8,10,14H,5-7H2. The van der Waals surface area contributed by atoms with Gasteiger partial charge in [0.2, 0.25) is 0 Å². The van der Waals surface area contributed by atoms with E-state index in [1.807, 2.05) is 18.2 Å². The number of β-amino-alcohol motifs (C(OH)–C–C–N with tert-alkyl or cyclic N) is 1. The summed E-state index contributed by atoms with van der Waals surface area (Å²) in [7, 11) is 0. The summed E-state index contributed by atoms with van der Waals surface area (Å²) in [6.07, 6.45) is 1.39. The highest BCUT2D eigenvalue weighted by molar-refractivity contribution is 5.84. The van der Waals surface area contributed by atoms with E-state index < -0.39 is 0 Å². The Morgan fingerprint density at radius 1 is 1.43 bits per heavy atom. The lowest BCUT2D eigenvalue weighted by Gasteiger charge is -2.19. The molecule has 0 amide bonds. The van der Waals surface area contributed by atoms with Gasteiger partial charge in [0.15, 0.2) is 6.29 Å². The highest BCUT2D eigenvalue weighted by atomic mass is 16.3. The van der Waals surface area contributed by atoms with Crippen LogP contribution < -0.4 is 4.90 Å². The molecular formula is C11H13NO2. The monoisotopic (exact) mass is 191 g/mol. The quantitative estimate of drug-likeness (QED) is 0.711. The maximum absolute atomic E-state index is 10.8. The molecule has 1 aromatic rings. The minimum Gasteiger partial charge on any atom is -0.391 e. The van der Waals surface area contributed by atoms with Gasteiger partial charge in [-0.25, -0.2) is 0 Å². The van der Waals surface area contributed by atoms with Gasteiger partial charge in [-0.1, -0.05) is 12.1 Å². The Labute approximate surface area is 83.0 Å². The van der Waals surface area contributed by atoms with E-state index in [0.29, 0.717) is 12.1 Å². The van der Waals surface area contributed by atoms with Gasteiger partial charge in [-0.05, 0) is 18.6 Å². The first-order valence-electron chi connectivity index (χ1n) is 4.78. The summed E-state index contributed by atoms with van der Waals surface area (Å²) in [5.74, 6) is 0. The average molecular weight is 191 g/mol. The molecule has 0 aromatic heterocycles. The normalized spacial score (nSPS) is 21.2. The van der Waals surface area contributed by atoms with Crippen molar-refractivity contribution in [2.24, 2.45) is 0 Å². The van der Waals surface area contributed by atoms with E-state index in [2.05, 4.69) is 4.90 Å². The molecule has 1 heterocycles. The Hall–Kier alpha value is -1.35. The Morgan fingerprint density at radius 2 is 2.21 bits per heavy atom. The maximum Gasteiger partial charge on any atom is 0.152 e. The Morgan fingerprint density at radius 3 is 2.86 bits per heavy atom. The van der Waals surface area contributed by atoms with E-state index in [9.17, 15) is 9.90 Å². The van der Waals surface area contributed by atoms with E-state index >= 15 is 0 Å². The van der Waals surface area contributed by atoms with E-state index in [-0.39, 0.29) is 6.10 Å². The molecule has 1 saturated heterocycles. The summed E-state index contributed by atoms with van der Waals surface area (Å²) in [5.41, 5.74) is 1.63. The number of benzene rings is 1. The van der Waals surface area contributed by atoms with Gasteiger partial charge in [0.05, 0.1) is 6.10 Å². The second-order valence-corrected chi connectivity index (χ2v) is 3.57. The number of carbonyl (C=O) groups excluding carboxylic acids is 1. The average Bonchev–Trinajstić information content (AvgIpc) is 2.65. The minimum atomic E-state index is -0.255. The molecule has 2 rings (SSSR count). The van der Waals surface area contributed by atoms with E-state index in [1.54, 1.807) is 6.07 Å². The zero-order valence-electron chi connectivity index (χ0n) is 7.89. The lowest BCUT2D eigenvalue weighted by Crippen LogP contribution is -2.22. The first-order chi connectivity index (χ1) is 6.81. The van der Waals surface area contributed by atoms with Crippen molar-refractivity contribution in [2.75, 3.05) is 18.0 Å². The van der Waals surface area contributed by atoms with Crippen molar-refractivity contribution in [1.82, 2.24) is 0 Å². The van der Waals surface area contributed by atoms with Crippen molar-refractivity contribution < 1.29 is 9.90 Å². The molecule has 14 heavy (non-hydrogen) atoms. The van der Waals surface area contributed by atoms with Crippen LogP contribution in [0.5, 0.6) is 0 Å². The second-order valence-electron chi connectivity index (χ2n) is 3.57. The van der Waals surface area contributed by atoms with Crippen LogP contribution in [0, 0.1) is 0 Å². The zero-order chi connectivity index (χ0) is 9.97. The van der Waals surface area contributed by atoms with E-state index in [1.165, 1.54) is 0 Å². The number of carbonyl (C=O) groups is 1. The fraction of sp³-hybridized carbons (Fsp3) is 0.364.